The minimum Gasteiger partial charge on any atom is -0.493 e. The summed E-state index contributed by atoms with van der Waals surface area (Å²) in [4.78, 5) is 12.1. The number of amides is 1. The molecule has 2 aromatic carbocycles. The molecule has 0 aliphatic rings. The van der Waals surface area contributed by atoms with Gasteiger partial charge in [-0.1, -0.05) is 0 Å². The quantitative estimate of drug-likeness (QED) is 0.721. The molecule has 140 valence electrons. The van der Waals surface area contributed by atoms with Crippen LogP contribution in [0.4, 0.5) is 28.9 Å². The molecule has 9 heteroatoms. The van der Waals surface area contributed by atoms with Gasteiger partial charge < -0.3 is 20.1 Å². The highest BCUT2D eigenvalue weighted by Gasteiger charge is 2.17. The average molecular weight is 372 g/mol. The molecule has 0 saturated heterocycles. The summed E-state index contributed by atoms with van der Waals surface area (Å²) in [5.74, 6) is -2.26. The molecular formula is C17H16F4N2O3. The van der Waals surface area contributed by atoms with Crippen molar-refractivity contribution in [2.45, 2.75) is 19.6 Å². The molecule has 0 radical (unpaired) electrons. The molecule has 1 amide bonds. The Morgan fingerprint density at radius 3 is 2.46 bits per heavy atom. The monoisotopic (exact) mass is 372 g/mol. The number of ether oxygens (including phenoxy) is 2. The number of halogens is 4. The maximum atomic E-state index is 13.6. The summed E-state index contributed by atoms with van der Waals surface area (Å²) in [7, 11) is 1.30. The van der Waals surface area contributed by atoms with E-state index in [1.807, 2.05) is 0 Å². The predicted molar refractivity (Wildman–Crippen MR) is 87.7 cm³/mol. The van der Waals surface area contributed by atoms with Crippen molar-refractivity contribution >= 4 is 17.3 Å². The highest BCUT2D eigenvalue weighted by molar-refractivity contribution is 5.96. The summed E-state index contributed by atoms with van der Waals surface area (Å²) in [6.07, 6.45) is 0. The maximum Gasteiger partial charge on any atom is 0.387 e. The predicted octanol–water partition coefficient (Wildman–Crippen LogP) is 4.01. The van der Waals surface area contributed by atoms with Gasteiger partial charge in [-0.3, -0.25) is 4.79 Å². The summed E-state index contributed by atoms with van der Waals surface area (Å²) < 4.78 is 60.9. The van der Waals surface area contributed by atoms with Gasteiger partial charge in [0.1, 0.15) is 17.7 Å². The molecule has 0 aliphatic carbocycles. The molecule has 2 rings (SSSR count). The standard InChI is InChI=1S/C17H16F4N2O3/c1-9(16(24)23-13-7-10(18)3-5-12(13)19)22-11-4-6-14(25-2)15(8-11)26-17(20)21/h3-9,17,22H,1-2H3,(H,23,24)/t9-/m0/s1. The molecule has 0 fully saturated rings. The van der Waals surface area contributed by atoms with Crippen molar-refractivity contribution < 1.29 is 31.8 Å². The Labute approximate surface area is 146 Å². The van der Waals surface area contributed by atoms with Crippen LogP contribution in [0.15, 0.2) is 36.4 Å². The van der Waals surface area contributed by atoms with Crippen LogP contribution in [0.2, 0.25) is 0 Å². The Hall–Kier alpha value is -2.97. The van der Waals surface area contributed by atoms with Gasteiger partial charge >= 0.3 is 6.61 Å². The van der Waals surface area contributed by atoms with E-state index in [-0.39, 0.29) is 17.2 Å². The fourth-order valence-electron chi connectivity index (χ4n) is 2.10. The Morgan fingerprint density at radius 1 is 1.08 bits per heavy atom. The summed E-state index contributed by atoms with van der Waals surface area (Å²) in [5, 5.41) is 5.00. The van der Waals surface area contributed by atoms with Crippen LogP contribution in [-0.4, -0.2) is 25.7 Å². The van der Waals surface area contributed by atoms with Crippen LogP contribution >= 0.6 is 0 Å². The van der Waals surface area contributed by atoms with Crippen molar-refractivity contribution in [3.8, 4) is 11.5 Å². The fourth-order valence-corrected chi connectivity index (χ4v) is 2.10. The van der Waals surface area contributed by atoms with Gasteiger partial charge in [-0.05, 0) is 31.2 Å². The van der Waals surface area contributed by atoms with E-state index >= 15 is 0 Å². The highest BCUT2D eigenvalue weighted by Crippen LogP contribution is 2.31. The topological polar surface area (TPSA) is 59.6 Å². The first-order chi connectivity index (χ1) is 12.3. The number of carbonyl (C=O) groups excluding carboxylic acids is 1. The highest BCUT2D eigenvalue weighted by atomic mass is 19.3. The van der Waals surface area contributed by atoms with Crippen LogP contribution in [0.1, 0.15) is 6.92 Å². The van der Waals surface area contributed by atoms with E-state index in [9.17, 15) is 22.4 Å². The van der Waals surface area contributed by atoms with Gasteiger partial charge in [-0.25, -0.2) is 8.78 Å². The molecule has 1 atom stereocenters. The number of methoxy groups -OCH3 is 1. The van der Waals surface area contributed by atoms with E-state index in [0.29, 0.717) is 5.69 Å². The van der Waals surface area contributed by atoms with Crippen LogP contribution < -0.4 is 20.1 Å². The number of benzene rings is 2. The average Bonchev–Trinajstić information content (AvgIpc) is 2.57. The summed E-state index contributed by atoms with van der Waals surface area (Å²) in [5.41, 5.74) is -0.0103. The second-order valence-electron chi connectivity index (χ2n) is 5.22. The molecule has 0 unspecified atom stereocenters. The number of hydrogen-bond acceptors (Lipinski definition) is 4. The normalized spacial score (nSPS) is 11.8. The van der Waals surface area contributed by atoms with E-state index in [2.05, 4.69) is 15.4 Å². The van der Waals surface area contributed by atoms with Crippen molar-refractivity contribution in [3.05, 3.63) is 48.0 Å². The molecule has 0 aromatic heterocycles. The summed E-state index contributed by atoms with van der Waals surface area (Å²) >= 11 is 0. The van der Waals surface area contributed by atoms with Gasteiger partial charge in [0.25, 0.3) is 0 Å². The zero-order valence-corrected chi connectivity index (χ0v) is 13.9. The van der Waals surface area contributed by atoms with Crippen LogP contribution in [-0.2, 0) is 4.79 Å². The lowest BCUT2D eigenvalue weighted by Crippen LogP contribution is -2.32. The molecule has 26 heavy (non-hydrogen) atoms. The lowest BCUT2D eigenvalue weighted by molar-refractivity contribution is -0.116. The van der Waals surface area contributed by atoms with Gasteiger partial charge in [0.15, 0.2) is 11.5 Å². The third-order valence-electron chi connectivity index (χ3n) is 3.34. The summed E-state index contributed by atoms with van der Waals surface area (Å²) in [6, 6.07) is 5.89. The SMILES string of the molecule is COc1ccc(N[C@@H](C)C(=O)Nc2cc(F)ccc2F)cc1OC(F)F. The fraction of sp³-hybridized carbons (Fsp3) is 0.235. The lowest BCUT2D eigenvalue weighted by atomic mass is 10.2. The Kier molecular flexibility index (Phi) is 6.26. The third-order valence-corrected chi connectivity index (χ3v) is 3.34. The zero-order chi connectivity index (χ0) is 19.3. The maximum absolute atomic E-state index is 13.6. The van der Waals surface area contributed by atoms with Crippen molar-refractivity contribution in [3.63, 3.8) is 0 Å². The van der Waals surface area contributed by atoms with Gasteiger partial charge in [-0.15, -0.1) is 0 Å². The van der Waals surface area contributed by atoms with Crippen LogP contribution in [0.5, 0.6) is 11.5 Å². The molecule has 5 nitrogen and oxygen atoms in total. The van der Waals surface area contributed by atoms with Crippen LogP contribution in [0.3, 0.4) is 0 Å². The summed E-state index contributed by atoms with van der Waals surface area (Å²) in [6.45, 7) is -1.58. The Morgan fingerprint density at radius 2 is 1.81 bits per heavy atom. The molecule has 0 spiro atoms. The first-order valence-corrected chi connectivity index (χ1v) is 7.45. The van der Waals surface area contributed by atoms with Gasteiger partial charge in [0.05, 0.1) is 12.8 Å². The zero-order valence-electron chi connectivity index (χ0n) is 13.9. The minimum atomic E-state index is -3.05. The van der Waals surface area contributed by atoms with E-state index in [1.54, 1.807) is 0 Å². The first-order valence-electron chi connectivity index (χ1n) is 7.45. The van der Waals surface area contributed by atoms with Crippen LogP contribution in [0, 0.1) is 11.6 Å². The molecule has 0 saturated carbocycles. The number of anilines is 2. The van der Waals surface area contributed by atoms with E-state index in [4.69, 9.17) is 4.74 Å². The van der Waals surface area contributed by atoms with Crippen molar-refractivity contribution in [1.29, 1.82) is 0 Å². The van der Waals surface area contributed by atoms with Crippen molar-refractivity contribution in [2.75, 3.05) is 17.7 Å². The smallest absolute Gasteiger partial charge is 0.387 e. The van der Waals surface area contributed by atoms with Gasteiger partial charge in [0, 0.05) is 17.8 Å². The van der Waals surface area contributed by atoms with Crippen LogP contribution in [0.25, 0.3) is 0 Å². The largest absolute Gasteiger partial charge is 0.493 e. The first kappa shape index (κ1) is 19.4. The number of rotatable bonds is 7. The second-order valence-corrected chi connectivity index (χ2v) is 5.22. The van der Waals surface area contributed by atoms with Crippen molar-refractivity contribution in [2.24, 2.45) is 0 Å². The number of nitrogens with one attached hydrogen (secondary N) is 2. The number of alkyl halides is 2. The number of hydrogen-bond donors (Lipinski definition) is 2. The Bertz CT molecular complexity index is 787. The van der Waals surface area contributed by atoms with Gasteiger partial charge in [-0.2, -0.15) is 8.78 Å². The van der Waals surface area contributed by atoms with Gasteiger partial charge in [0.2, 0.25) is 5.91 Å². The molecule has 2 aromatic rings. The molecule has 2 N–H and O–H groups in total. The molecular weight excluding hydrogens is 356 g/mol. The van der Waals surface area contributed by atoms with E-state index in [0.717, 1.165) is 18.2 Å². The van der Waals surface area contributed by atoms with E-state index in [1.165, 1.54) is 32.2 Å². The lowest BCUT2D eigenvalue weighted by Gasteiger charge is -2.17. The molecule has 0 aliphatic heterocycles. The minimum absolute atomic E-state index is 0.0924. The molecule has 0 bridgehead atoms. The molecule has 0 heterocycles. The number of carbonyl (C=O) groups is 1. The second kappa shape index (κ2) is 8.41. The Balaban J connectivity index is 2.09. The third kappa shape index (κ3) is 5.01. The van der Waals surface area contributed by atoms with Crippen molar-refractivity contribution in [1.82, 2.24) is 0 Å². The van der Waals surface area contributed by atoms with E-state index < -0.39 is 30.2 Å².